The minimum atomic E-state index is 0.0508. The Morgan fingerprint density at radius 1 is 1.33 bits per heavy atom. The van der Waals surface area contributed by atoms with Crippen molar-refractivity contribution in [3.05, 3.63) is 0 Å². The molecule has 1 aliphatic carbocycles. The molecule has 0 bridgehead atoms. The summed E-state index contributed by atoms with van der Waals surface area (Å²) < 4.78 is 6.09. The predicted molar refractivity (Wildman–Crippen MR) is 78.8 cm³/mol. The van der Waals surface area contributed by atoms with Gasteiger partial charge in [0.15, 0.2) is 0 Å². The Morgan fingerprint density at radius 3 is 2.50 bits per heavy atom. The largest absolute Gasteiger partial charge is 0.392 e. The Kier molecular flexibility index (Phi) is 4.62. The van der Waals surface area contributed by atoms with Crippen LogP contribution in [0.15, 0.2) is 0 Å². The van der Waals surface area contributed by atoms with Crippen molar-refractivity contribution in [2.45, 2.75) is 70.1 Å². The van der Waals surface area contributed by atoms with E-state index in [1.54, 1.807) is 0 Å². The van der Waals surface area contributed by atoms with Crippen LogP contribution in [-0.2, 0) is 4.74 Å². The van der Waals surface area contributed by atoms with Gasteiger partial charge in [-0.2, -0.15) is 0 Å². The molecule has 2 N–H and O–H groups in total. The minimum absolute atomic E-state index is 0.0508. The number of hydrogen-bond acceptors (Lipinski definition) is 3. The van der Waals surface area contributed by atoms with Crippen LogP contribution in [0, 0.1) is 0 Å². The first kappa shape index (κ1) is 14.2. The second-order valence-electron chi connectivity index (χ2n) is 6.37. The van der Waals surface area contributed by atoms with Crippen LogP contribution in [0.2, 0.25) is 0 Å². The van der Waals surface area contributed by atoms with Crippen LogP contribution in [0.4, 0.5) is 0 Å². The molecule has 1 unspecified atom stereocenters. The van der Waals surface area contributed by atoms with E-state index in [2.05, 4.69) is 18.7 Å². The molecule has 2 rings (SSSR count). The third-order valence-electron chi connectivity index (χ3n) is 4.19. The molecule has 2 aliphatic rings. The standard InChI is InChI=1S/C14H26N2OS/c1-14(2)8-7-12(17-14)9-16(10-13(15)18)11-5-3-4-6-11/h11-12H,3-10H2,1-2H3,(H2,15,18). The van der Waals surface area contributed by atoms with Gasteiger partial charge in [0.25, 0.3) is 0 Å². The average Bonchev–Trinajstić information content (AvgIpc) is 2.86. The molecule has 104 valence electrons. The molecule has 1 saturated carbocycles. The quantitative estimate of drug-likeness (QED) is 0.779. The first-order chi connectivity index (χ1) is 8.46. The van der Waals surface area contributed by atoms with Crippen molar-refractivity contribution < 1.29 is 4.74 Å². The zero-order valence-corrected chi connectivity index (χ0v) is 12.5. The summed E-state index contributed by atoms with van der Waals surface area (Å²) >= 11 is 5.09. The van der Waals surface area contributed by atoms with Crippen LogP contribution in [0.5, 0.6) is 0 Å². The molecule has 0 radical (unpaired) electrons. The lowest BCUT2D eigenvalue weighted by Crippen LogP contribution is -2.44. The van der Waals surface area contributed by atoms with Gasteiger partial charge in [-0.05, 0) is 39.5 Å². The number of rotatable bonds is 5. The highest BCUT2D eigenvalue weighted by Gasteiger charge is 2.34. The summed E-state index contributed by atoms with van der Waals surface area (Å²) in [4.78, 5) is 3.07. The SMILES string of the molecule is CC1(C)CCC(CN(CC(N)=S)C2CCCC2)O1. The van der Waals surface area contributed by atoms with E-state index in [0.29, 0.717) is 17.1 Å². The second-order valence-corrected chi connectivity index (χ2v) is 6.90. The molecule has 0 aromatic rings. The van der Waals surface area contributed by atoms with Gasteiger partial charge in [-0.15, -0.1) is 0 Å². The summed E-state index contributed by atoms with van der Waals surface area (Å²) in [5.41, 5.74) is 5.79. The first-order valence-corrected chi connectivity index (χ1v) is 7.57. The third-order valence-corrected chi connectivity index (χ3v) is 4.32. The smallest absolute Gasteiger partial charge is 0.0870 e. The van der Waals surface area contributed by atoms with E-state index in [4.69, 9.17) is 22.7 Å². The van der Waals surface area contributed by atoms with E-state index in [1.165, 1.54) is 25.7 Å². The number of thiocarbonyl (C=S) groups is 1. The van der Waals surface area contributed by atoms with Crippen LogP contribution in [-0.4, -0.2) is 40.7 Å². The van der Waals surface area contributed by atoms with Crippen molar-refractivity contribution in [2.24, 2.45) is 5.73 Å². The van der Waals surface area contributed by atoms with Crippen LogP contribution < -0.4 is 5.73 Å². The summed E-state index contributed by atoms with van der Waals surface area (Å²) in [6.07, 6.45) is 7.94. The zero-order chi connectivity index (χ0) is 13.2. The maximum Gasteiger partial charge on any atom is 0.0870 e. The molecule has 0 aromatic heterocycles. The van der Waals surface area contributed by atoms with Crippen LogP contribution in [0.1, 0.15) is 52.4 Å². The molecule has 1 heterocycles. The molecule has 1 saturated heterocycles. The number of ether oxygens (including phenoxy) is 1. The van der Waals surface area contributed by atoms with Crippen molar-refractivity contribution in [1.29, 1.82) is 0 Å². The molecule has 2 fully saturated rings. The van der Waals surface area contributed by atoms with Crippen molar-refractivity contribution in [3.8, 4) is 0 Å². The Bertz CT molecular complexity index is 300. The number of nitrogens with two attached hydrogens (primary N) is 1. The topological polar surface area (TPSA) is 38.5 Å². The maximum atomic E-state index is 6.09. The average molecular weight is 270 g/mol. The molecule has 18 heavy (non-hydrogen) atoms. The first-order valence-electron chi connectivity index (χ1n) is 7.16. The molecule has 1 atom stereocenters. The molecule has 0 spiro atoms. The molecule has 0 aromatic carbocycles. The fraction of sp³-hybridized carbons (Fsp3) is 0.929. The minimum Gasteiger partial charge on any atom is -0.392 e. The number of nitrogens with zero attached hydrogens (tertiary/aromatic N) is 1. The highest BCUT2D eigenvalue weighted by atomic mass is 32.1. The Balaban J connectivity index is 1.90. The van der Waals surface area contributed by atoms with Crippen molar-refractivity contribution in [1.82, 2.24) is 4.90 Å². The fourth-order valence-corrected chi connectivity index (χ4v) is 3.45. The second kappa shape index (κ2) is 5.85. The van der Waals surface area contributed by atoms with Crippen LogP contribution >= 0.6 is 12.2 Å². The zero-order valence-electron chi connectivity index (χ0n) is 11.7. The lowest BCUT2D eigenvalue weighted by molar-refractivity contribution is -0.0313. The monoisotopic (exact) mass is 270 g/mol. The molecule has 1 aliphatic heterocycles. The van der Waals surface area contributed by atoms with E-state index >= 15 is 0 Å². The Labute approximate surface area is 116 Å². The normalized spacial score (nSPS) is 28.1. The van der Waals surface area contributed by atoms with E-state index in [1.807, 2.05) is 0 Å². The molecular weight excluding hydrogens is 244 g/mol. The lowest BCUT2D eigenvalue weighted by atomic mass is 10.1. The highest BCUT2D eigenvalue weighted by molar-refractivity contribution is 7.80. The van der Waals surface area contributed by atoms with Gasteiger partial charge in [-0.3, -0.25) is 4.90 Å². The fourth-order valence-electron chi connectivity index (χ4n) is 3.28. The van der Waals surface area contributed by atoms with Gasteiger partial charge in [-0.1, -0.05) is 25.1 Å². The molecule has 4 heteroatoms. The van der Waals surface area contributed by atoms with E-state index < -0.39 is 0 Å². The van der Waals surface area contributed by atoms with Gasteiger partial charge in [0.1, 0.15) is 0 Å². The highest BCUT2D eigenvalue weighted by Crippen LogP contribution is 2.31. The maximum absolute atomic E-state index is 6.09. The van der Waals surface area contributed by atoms with Crippen molar-refractivity contribution in [2.75, 3.05) is 13.1 Å². The predicted octanol–water partition coefficient (Wildman–Crippen LogP) is 2.47. The van der Waals surface area contributed by atoms with Crippen LogP contribution in [0.25, 0.3) is 0 Å². The van der Waals surface area contributed by atoms with Gasteiger partial charge in [0.05, 0.1) is 16.7 Å². The van der Waals surface area contributed by atoms with Gasteiger partial charge in [0.2, 0.25) is 0 Å². The Hall–Kier alpha value is -0.190. The third kappa shape index (κ3) is 3.90. The lowest BCUT2D eigenvalue weighted by Gasteiger charge is -2.31. The molecular formula is C14H26N2OS. The Morgan fingerprint density at radius 2 is 2.00 bits per heavy atom. The van der Waals surface area contributed by atoms with Gasteiger partial charge in [0, 0.05) is 19.1 Å². The summed E-state index contributed by atoms with van der Waals surface area (Å²) in [6, 6.07) is 0.666. The molecule has 3 nitrogen and oxygen atoms in total. The van der Waals surface area contributed by atoms with E-state index in [-0.39, 0.29) is 5.60 Å². The van der Waals surface area contributed by atoms with Gasteiger partial charge in [-0.25, -0.2) is 0 Å². The van der Waals surface area contributed by atoms with Crippen molar-refractivity contribution >= 4 is 17.2 Å². The summed E-state index contributed by atoms with van der Waals surface area (Å²) in [6.45, 7) is 6.10. The van der Waals surface area contributed by atoms with Crippen molar-refractivity contribution in [3.63, 3.8) is 0 Å². The summed E-state index contributed by atoms with van der Waals surface area (Å²) in [5, 5.41) is 0. The summed E-state index contributed by atoms with van der Waals surface area (Å²) in [5.74, 6) is 0. The van der Waals surface area contributed by atoms with E-state index in [0.717, 1.165) is 25.9 Å². The van der Waals surface area contributed by atoms with Gasteiger partial charge >= 0.3 is 0 Å². The number of hydrogen-bond donors (Lipinski definition) is 1. The van der Waals surface area contributed by atoms with Crippen LogP contribution in [0.3, 0.4) is 0 Å². The summed E-state index contributed by atoms with van der Waals surface area (Å²) in [7, 11) is 0. The molecule has 0 amide bonds. The van der Waals surface area contributed by atoms with E-state index in [9.17, 15) is 0 Å². The van der Waals surface area contributed by atoms with Gasteiger partial charge < -0.3 is 10.5 Å².